The van der Waals surface area contributed by atoms with E-state index in [9.17, 15) is 4.79 Å². The van der Waals surface area contributed by atoms with E-state index in [4.69, 9.17) is 9.84 Å². The van der Waals surface area contributed by atoms with Crippen molar-refractivity contribution in [3.8, 4) is 0 Å². The van der Waals surface area contributed by atoms with Crippen LogP contribution < -0.4 is 0 Å². The summed E-state index contributed by atoms with van der Waals surface area (Å²) in [5.74, 6) is 0. The molecule has 1 unspecified atom stereocenters. The van der Waals surface area contributed by atoms with Gasteiger partial charge in [0.1, 0.15) is 6.17 Å². The van der Waals surface area contributed by atoms with Gasteiger partial charge in [-0.2, -0.15) is 0 Å². The van der Waals surface area contributed by atoms with Gasteiger partial charge in [-0.05, 0) is 0 Å². The van der Waals surface area contributed by atoms with Crippen LogP contribution in [0.3, 0.4) is 0 Å². The van der Waals surface area contributed by atoms with Gasteiger partial charge in [0.25, 0.3) is 0 Å². The van der Waals surface area contributed by atoms with Crippen molar-refractivity contribution in [1.82, 2.24) is 9.91 Å². The number of nitrogens with zero attached hydrogens (tertiary/aromatic N) is 3. The molecule has 2 aliphatic heterocycles. The first-order valence-electron chi connectivity index (χ1n) is 3.69. The summed E-state index contributed by atoms with van der Waals surface area (Å²) in [6, 6.07) is 0. The SMILES string of the molecule is O=C(O)N1CCC1N1COC=N1. The fraction of sp³-hybridized carbons (Fsp3) is 0.667. The molecule has 2 aliphatic rings. The number of rotatable bonds is 1. The first kappa shape index (κ1) is 7.20. The van der Waals surface area contributed by atoms with E-state index in [1.807, 2.05) is 0 Å². The second-order valence-electron chi connectivity index (χ2n) is 2.70. The maximum atomic E-state index is 10.6. The number of amides is 1. The Hall–Kier alpha value is -1.46. The Balaban J connectivity index is 1.96. The molecular weight excluding hydrogens is 162 g/mol. The fourth-order valence-corrected chi connectivity index (χ4v) is 1.31. The molecule has 1 amide bonds. The smallest absolute Gasteiger partial charge is 0.409 e. The quantitative estimate of drug-likeness (QED) is 0.599. The van der Waals surface area contributed by atoms with Crippen LogP contribution >= 0.6 is 0 Å². The van der Waals surface area contributed by atoms with Crippen LogP contribution in [0.25, 0.3) is 0 Å². The summed E-state index contributed by atoms with van der Waals surface area (Å²) in [7, 11) is 0. The van der Waals surface area contributed by atoms with Gasteiger partial charge in [0.05, 0.1) is 0 Å². The summed E-state index contributed by atoms with van der Waals surface area (Å²) >= 11 is 0. The average molecular weight is 171 g/mol. The highest BCUT2D eigenvalue weighted by molar-refractivity contribution is 5.66. The molecule has 0 spiro atoms. The summed E-state index contributed by atoms with van der Waals surface area (Å²) in [4.78, 5) is 11.9. The van der Waals surface area contributed by atoms with Crippen molar-refractivity contribution in [2.24, 2.45) is 5.10 Å². The van der Waals surface area contributed by atoms with E-state index in [0.717, 1.165) is 6.42 Å². The number of ether oxygens (including phenoxy) is 1. The summed E-state index contributed by atoms with van der Waals surface area (Å²) in [6.45, 7) is 0.945. The summed E-state index contributed by atoms with van der Waals surface area (Å²) in [6.07, 6.45) is 1.14. The minimum absolute atomic E-state index is 0.124. The van der Waals surface area contributed by atoms with E-state index in [2.05, 4.69) is 5.10 Å². The number of hydrogen-bond acceptors (Lipinski definition) is 4. The van der Waals surface area contributed by atoms with Gasteiger partial charge in [-0.25, -0.2) is 9.80 Å². The second kappa shape index (κ2) is 2.54. The highest BCUT2D eigenvalue weighted by atomic mass is 16.5. The predicted molar refractivity (Wildman–Crippen MR) is 39.4 cm³/mol. The average Bonchev–Trinajstić information content (AvgIpc) is 2.35. The summed E-state index contributed by atoms with van der Waals surface area (Å²) in [5, 5.41) is 14.2. The molecule has 6 heteroatoms. The standard InChI is InChI=1S/C6H9N3O3/c10-6(11)8-2-1-5(8)9-4-12-3-7-9/h3,5H,1-2,4H2,(H,10,11). The summed E-state index contributed by atoms with van der Waals surface area (Å²) in [5.41, 5.74) is 0. The van der Waals surface area contributed by atoms with Crippen LogP contribution in [0.5, 0.6) is 0 Å². The highest BCUT2D eigenvalue weighted by Gasteiger charge is 2.37. The monoisotopic (exact) mass is 171 g/mol. The van der Waals surface area contributed by atoms with Crippen LogP contribution in [0.1, 0.15) is 6.42 Å². The van der Waals surface area contributed by atoms with Crippen LogP contribution in [0.4, 0.5) is 4.79 Å². The molecule has 1 N–H and O–H groups in total. The lowest BCUT2D eigenvalue weighted by Gasteiger charge is -2.41. The Morgan fingerprint density at radius 2 is 2.58 bits per heavy atom. The molecule has 66 valence electrons. The Morgan fingerprint density at radius 3 is 3.00 bits per heavy atom. The molecular formula is C6H9N3O3. The van der Waals surface area contributed by atoms with Crippen LogP contribution in [-0.4, -0.2) is 47.0 Å². The van der Waals surface area contributed by atoms with Crippen LogP contribution in [0, 0.1) is 0 Å². The minimum atomic E-state index is -0.895. The highest BCUT2D eigenvalue weighted by Crippen LogP contribution is 2.22. The van der Waals surface area contributed by atoms with Gasteiger partial charge in [-0.3, -0.25) is 4.90 Å². The first-order chi connectivity index (χ1) is 5.79. The number of likely N-dealkylation sites (tertiary alicyclic amines) is 1. The van der Waals surface area contributed by atoms with Crippen molar-refractivity contribution in [3.63, 3.8) is 0 Å². The lowest BCUT2D eigenvalue weighted by atomic mass is 10.1. The van der Waals surface area contributed by atoms with Crippen molar-refractivity contribution >= 4 is 12.5 Å². The number of hydrogen-bond donors (Lipinski definition) is 1. The zero-order valence-corrected chi connectivity index (χ0v) is 6.38. The molecule has 1 atom stereocenters. The third kappa shape index (κ3) is 0.956. The van der Waals surface area contributed by atoms with Crippen molar-refractivity contribution in [2.75, 3.05) is 13.3 Å². The molecule has 0 radical (unpaired) electrons. The van der Waals surface area contributed by atoms with Gasteiger partial charge < -0.3 is 9.84 Å². The Bertz CT molecular complexity index is 228. The fourth-order valence-electron chi connectivity index (χ4n) is 1.31. The van der Waals surface area contributed by atoms with Crippen LogP contribution in [-0.2, 0) is 4.74 Å². The molecule has 0 saturated carbocycles. The van der Waals surface area contributed by atoms with Crippen molar-refractivity contribution in [3.05, 3.63) is 0 Å². The molecule has 0 aromatic heterocycles. The second-order valence-corrected chi connectivity index (χ2v) is 2.70. The number of hydrazone groups is 1. The maximum absolute atomic E-state index is 10.6. The molecule has 12 heavy (non-hydrogen) atoms. The van der Waals surface area contributed by atoms with Crippen molar-refractivity contribution in [2.45, 2.75) is 12.6 Å². The topological polar surface area (TPSA) is 65.4 Å². The third-order valence-corrected chi connectivity index (χ3v) is 2.05. The minimum Gasteiger partial charge on any atom is -0.465 e. The van der Waals surface area contributed by atoms with Crippen LogP contribution in [0.15, 0.2) is 5.10 Å². The van der Waals surface area contributed by atoms with Gasteiger partial charge in [0.2, 0.25) is 0 Å². The molecule has 0 aromatic rings. The molecule has 2 rings (SSSR count). The number of carbonyl (C=O) groups is 1. The zero-order valence-electron chi connectivity index (χ0n) is 6.38. The van der Waals surface area contributed by atoms with E-state index >= 15 is 0 Å². The third-order valence-electron chi connectivity index (χ3n) is 2.05. The van der Waals surface area contributed by atoms with Gasteiger partial charge >= 0.3 is 6.09 Å². The lowest BCUT2D eigenvalue weighted by molar-refractivity contribution is -0.0364. The zero-order chi connectivity index (χ0) is 8.55. The van der Waals surface area contributed by atoms with E-state index in [0.29, 0.717) is 13.3 Å². The van der Waals surface area contributed by atoms with E-state index in [-0.39, 0.29) is 6.17 Å². The van der Waals surface area contributed by atoms with E-state index in [1.165, 1.54) is 11.3 Å². The normalized spacial score (nSPS) is 26.8. The van der Waals surface area contributed by atoms with Gasteiger partial charge in [0.15, 0.2) is 13.1 Å². The van der Waals surface area contributed by atoms with Gasteiger partial charge in [-0.1, -0.05) is 0 Å². The van der Waals surface area contributed by atoms with Crippen LogP contribution in [0.2, 0.25) is 0 Å². The van der Waals surface area contributed by atoms with Crippen molar-refractivity contribution in [1.29, 1.82) is 0 Å². The molecule has 0 aliphatic carbocycles. The Labute approximate surface area is 69.0 Å². The predicted octanol–water partition coefficient (Wildman–Crippen LogP) is -0.0708. The Kier molecular flexibility index (Phi) is 1.53. The molecule has 2 heterocycles. The molecule has 6 nitrogen and oxygen atoms in total. The van der Waals surface area contributed by atoms with E-state index < -0.39 is 6.09 Å². The van der Waals surface area contributed by atoms with E-state index in [1.54, 1.807) is 5.01 Å². The Morgan fingerprint density at radius 1 is 1.75 bits per heavy atom. The first-order valence-corrected chi connectivity index (χ1v) is 3.69. The summed E-state index contributed by atoms with van der Waals surface area (Å²) < 4.78 is 4.86. The number of carboxylic acid groups (broad SMARTS) is 1. The van der Waals surface area contributed by atoms with Crippen molar-refractivity contribution < 1.29 is 14.6 Å². The maximum Gasteiger partial charge on any atom is 0.409 e. The lowest BCUT2D eigenvalue weighted by Crippen LogP contribution is -2.57. The molecule has 0 aromatic carbocycles. The molecule has 0 bridgehead atoms. The van der Waals surface area contributed by atoms with Gasteiger partial charge in [0, 0.05) is 13.0 Å². The largest absolute Gasteiger partial charge is 0.465 e. The molecule has 1 fully saturated rings. The molecule has 1 saturated heterocycles. The van der Waals surface area contributed by atoms with Gasteiger partial charge in [-0.15, -0.1) is 5.10 Å².